The van der Waals surface area contributed by atoms with Crippen LogP contribution in [0.25, 0.3) is 17.0 Å². The minimum absolute atomic E-state index is 0.139. The number of aliphatic carboxylic acids is 1. The first kappa shape index (κ1) is 25.1. The van der Waals surface area contributed by atoms with Gasteiger partial charge in [-0.2, -0.15) is 0 Å². The number of aryl methyl sites for hydroxylation is 1. The summed E-state index contributed by atoms with van der Waals surface area (Å²) in [6.07, 6.45) is -0.139. The van der Waals surface area contributed by atoms with E-state index in [1.54, 1.807) is 6.92 Å². The summed E-state index contributed by atoms with van der Waals surface area (Å²) in [7, 11) is 0. The Labute approximate surface area is 215 Å². The van der Waals surface area contributed by atoms with Crippen molar-refractivity contribution in [2.75, 3.05) is 0 Å². The largest absolute Gasteiger partial charge is 0.481 e. The maximum atomic E-state index is 13.4. The number of thioether (sulfide) groups is 1. The van der Waals surface area contributed by atoms with Crippen LogP contribution in [0.4, 0.5) is 10.8 Å². The predicted octanol–water partition coefficient (Wildman–Crippen LogP) is 5.86. The average Bonchev–Trinajstić information content (AvgIpc) is 3.40. The van der Waals surface area contributed by atoms with E-state index in [4.69, 9.17) is 10.8 Å². The van der Waals surface area contributed by atoms with E-state index in [9.17, 15) is 9.59 Å². The molecule has 2 aromatic carbocycles. The number of rotatable bonds is 9. The first-order chi connectivity index (χ1) is 17.3. The van der Waals surface area contributed by atoms with Gasteiger partial charge in [-0.1, -0.05) is 72.0 Å². The molecule has 0 spiro atoms. The van der Waals surface area contributed by atoms with Crippen molar-refractivity contribution in [3.63, 3.8) is 0 Å². The molecule has 36 heavy (non-hydrogen) atoms. The van der Waals surface area contributed by atoms with E-state index in [-0.39, 0.29) is 28.2 Å². The van der Waals surface area contributed by atoms with Gasteiger partial charge in [0.1, 0.15) is 5.37 Å². The number of carbonyl (C=O) groups is 1. The third-order valence-electron chi connectivity index (χ3n) is 5.24. The van der Waals surface area contributed by atoms with Crippen LogP contribution in [0, 0.1) is 6.92 Å². The summed E-state index contributed by atoms with van der Waals surface area (Å²) in [5, 5.41) is 22.4. The highest BCUT2D eigenvalue weighted by atomic mass is 32.2. The fourth-order valence-electron chi connectivity index (χ4n) is 3.38. The molecule has 4 N–H and O–H groups in total. The van der Waals surface area contributed by atoms with Crippen LogP contribution in [0.1, 0.15) is 28.4 Å². The lowest BCUT2D eigenvalue weighted by Gasteiger charge is -2.10. The van der Waals surface area contributed by atoms with Gasteiger partial charge in [0.2, 0.25) is 5.13 Å². The first-order valence-electron chi connectivity index (χ1n) is 11.0. The van der Waals surface area contributed by atoms with Gasteiger partial charge >= 0.3 is 5.97 Å². The van der Waals surface area contributed by atoms with Crippen molar-refractivity contribution < 1.29 is 9.90 Å². The summed E-state index contributed by atoms with van der Waals surface area (Å²) in [5.74, 6) is -0.946. The normalized spacial score (nSPS) is 12.8. The van der Waals surface area contributed by atoms with Gasteiger partial charge < -0.3 is 10.8 Å². The second kappa shape index (κ2) is 11.2. The molecule has 9 nitrogen and oxygen atoms in total. The van der Waals surface area contributed by atoms with Gasteiger partial charge in [0.25, 0.3) is 5.56 Å². The molecule has 1 atom stereocenters. The standard InChI is InChI=1S/C25H24N6O3S2/c1-15-20(13-21(32)33)36-25(27-15)29-28-23-22(18-11-7-4-8-12-18)30-31(24(23)34)16(2)35-14-19(26)17-9-5-3-6-10-17/h3-12,14,16,30H,13,26H2,1-2H3,(H,32,33)/b19-14-,29-28?. The van der Waals surface area contributed by atoms with Crippen LogP contribution >= 0.6 is 23.1 Å². The number of hydrogen-bond donors (Lipinski definition) is 3. The van der Waals surface area contributed by atoms with E-state index in [0.29, 0.717) is 22.0 Å². The molecule has 4 rings (SSSR count). The van der Waals surface area contributed by atoms with Crippen molar-refractivity contribution in [1.82, 2.24) is 14.8 Å². The highest BCUT2D eigenvalue weighted by molar-refractivity contribution is 8.02. The molecular weight excluding hydrogens is 496 g/mol. The van der Waals surface area contributed by atoms with E-state index in [1.165, 1.54) is 16.4 Å². The van der Waals surface area contributed by atoms with E-state index in [1.807, 2.05) is 73.0 Å². The lowest BCUT2D eigenvalue weighted by atomic mass is 10.1. The Morgan fingerprint density at radius 2 is 1.86 bits per heavy atom. The summed E-state index contributed by atoms with van der Waals surface area (Å²) in [4.78, 5) is 29.3. The van der Waals surface area contributed by atoms with Crippen LogP contribution in [0.3, 0.4) is 0 Å². The van der Waals surface area contributed by atoms with Gasteiger partial charge in [-0.25, -0.2) is 9.67 Å². The maximum Gasteiger partial charge on any atom is 0.308 e. The summed E-state index contributed by atoms with van der Waals surface area (Å²) in [6, 6.07) is 19.0. The first-order valence-corrected chi connectivity index (χ1v) is 12.8. The topological polar surface area (TPSA) is 139 Å². The third kappa shape index (κ3) is 5.81. The van der Waals surface area contributed by atoms with Gasteiger partial charge in [0.05, 0.1) is 17.8 Å². The average molecular weight is 521 g/mol. The molecule has 2 heterocycles. The predicted molar refractivity (Wildman–Crippen MR) is 144 cm³/mol. The van der Waals surface area contributed by atoms with Crippen LogP contribution in [-0.2, 0) is 11.2 Å². The van der Waals surface area contributed by atoms with E-state index in [2.05, 4.69) is 20.3 Å². The molecule has 4 aromatic rings. The van der Waals surface area contributed by atoms with Gasteiger partial charge in [-0.3, -0.25) is 14.7 Å². The fraction of sp³-hybridized carbons (Fsp3) is 0.160. The lowest BCUT2D eigenvalue weighted by Crippen LogP contribution is -2.18. The van der Waals surface area contributed by atoms with Crippen LogP contribution < -0.4 is 11.3 Å². The number of aromatic amines is 1. The maximum absolute atomic E-state index is 13.4. The van der Waals surface area contributed by atoms with Crippen molar-refractivity contribution in [3.05, 3.63) is 92.6 Å². The number of thiazole rings is 1. The summed E-state index contributed by atoms with van der Waals surface area (Å²) in [5.41, 5.74) is 9.39. The Morgan fingerprint density at radius 3 is 2.53 bits per heavy atom. The van der Waals surface area contributed by atoms with Crippen molar-refractivity contribution in [2.45, 2.75) is 25.6 Å². The molecule has 0 radical (unpaired) electrons. The molecule has 0 aliphatic carbocycles. The third-order valence-corrected chi connectivity index (χ3v) is 7.28. The fourth-order valence-corrected chi connectivity index (χ4v) is 5.00. The number of H-pyrrole nitrogens is 1. The molecule has 0 aliphatic heterocycles. The van der Waals surface area contributed by atoms with Crippen molar-refractivity contribution in [1.29, 1.82) is 0 Å². The molecule has 0 aliphatic rings. The van der Waals surface area contributed by atoms with Crippen LogP contribution in [-0.4, -0.2) is 25.8 Å². The smallest absolute Gasteiger partial charge is 0.308 e. The van der Waals surface area contributed by atoms with Crippen LogP contribution in [0.5, 0.6) is 0 Å². The van der Waals surface area contributed by atoms with E-state index >= 15 is 0 Å². The molecule has 2 aromatic heterocycles. The zero-order valence-corrected chi connectivity index (χ0v) is 21.2. The van der Waals surface area contributed by atoms with Gasteiger partial charge in [0, 0.05) is 16.1 Å². The zero-order chi connectivity index (χ0) is 25.7. The zero-order valence-electron chi connectivity index (χ0n) is 19.6. The number of aromatic nitrogens is 3. The molecule has 184 valence electrons. The lowest BCUT2D eigenvalue weighted by molar-refractivity contribution is -0.136. The Kier molecular flexibility index (Phi) is 7.81. The molecular formula is C25H24N6O3S2. The Hall–Kier alpha value is -3.96. The highest BCUT2D eigenvalue weighted by Crippen LogP contribution is 2.32. The number of nitrogens with one attached hydrogen (secondary N) is 1. The number of carboxylic acids is 1. The van der Waals surface area contributed by atoms with Crippen molar-refractivity contribution in [3.8, 4) is 11.3 Å². The molecule has 11 heteroatoms. The second-order valence-corrected chi connectivity index (χ2v) is 10.1. The number of hydrogen-bond acceptors (Lipinski definition) is 8. The summed E-state index contributed by atoms with van der Waals surface area (Å²) < 4.78 is 1.49. The Bertz CT molecular complexity index is 1470. The van der Waals surface area contributed by atoms with E-state index < -0.39 is 5.97 Å². The summed E-state index contributed by atoms with van der Waals surface area (Å²) in [6.45, 7) is 3.61. The molecule has 0 bridgehead atoms. The van der Waals surface area contributed by atoms with Crippen molar-refractivity contribution >= 4 is 45.6 Å². The quantitative estimate of drug-likeness (QED) is 0.236. The number of benzene rings is 2. The Morgan fingerprint density at radius 1 is 1.19 bits per heavy atom. The molecule has 0 saturated heterocycles. The number of carboxylic acid groups (broad SMARTS) is 1. The van der Waals surface area contributed by atoms with Crippen LogP contribution in [0.15, 0.2) is 81.1 Å². The SMILES string of the molecule is Cc1nc(N=Nc2c(-c3ccccc3)[nH]n(C(C)S/C=C(\N)c3ccccc3)c2=O)sc1CC(=O)O. The van der Waals surface area contributed by atoms with Crippen molar-refractivity contribution in [2.24, 2.45) is 16.0 Å². The van der Waals surface area contributed by atoms with E-state index in [0.717, 1.165) is 22.5 Å². The molecule has 0 fully saturated rings. The monoisotopic (exact) mass is 520 g/mol. The number of nitrogens with zero attached hydrogens (tertiary/aromatic N) is 4. The number of azo groups is 1. The Balaban J connectivity index is 1.66. The van der Waals surface area contributed by atoms with Gasteiger partial charge in [0.15, 0.2) is 5.69 Å². The van der Waals surface area contributed by atoms with Gasteiger partial charge in [-0.15, -0.1) is 22.0 Å². The molecule has 0 saturated carbocycles. The summed E-state index contributed by atoms with van der Waals surface area (Å²) >= 11 is 2.54. The minimum Gasteiger partial charge on any atom is -0.481 e. The molecule has 0 amide bonds. The highest BCUT2D eigenvalue weighted by Gasteiger charge is 2.20. The number of nitrogens with two attached hydrogens (primary N) is 1. The second-order valence-electron chi connectivity index (χ2n) is 7.83. The van der Waals surface area contributed by atoms with Crippen LogP contribution in [0.2, 0.25) is 0 Å². The molecule has 1 unspecified atom stereocenters. The minimum atomic E-state index is -0.946. The van der Waals surface area contributed by atoms with Gasteiger partial charge in [-0.05, 0) is 24.8 Å².